The van der Waals surface area contributed by atoms with Gasteiger partial charge in [-0.2, -0.15) is 0 Å². The van der Waals surface area contributed by atoms with Gasteiger partial charge in [0.1, 0.15) is 6.54 Å². The molecule has 22 heavy (non-hydrogen) atoms. The highest BCUT2D eigenvalue weighted by atomic mass is 32.2. The number of hydrogen-bond acceptors (Lipinski definition) is 4. The highest BCUT2D eigenvalue weighted by Crippen LogP contribution is 2.30. The highest BCUT2D eigenvalue weighted by Gasteiger charge is 2.31. The molecule has 0 atom stereocenters. The summed E-state index contributed by atoms with van der Waals surface area (Å²) in [7, 11) is 0. The van der Waals surface area contributed by atoms with Crippen molar-refractivity contribution in [1.29, 1.82) is 0 Å². The molecular formula is C16H24N2O3S. The number of ketones is 1. The van der Waals surface area contributed by atoms with Crippen LogP contribution in [0.4, 0.5) is 0 Å². The third-order valence-corrected chi connectivity index (χ3v) is 4.95. The Kier molecular flexibility index (Phi) is 5.32. The van der Waals surface area contributed by atoms with Crippen molar-refractivity contribution < 1.29 is 14.4 Å². The molecule has 0 aromatic heterocycles. The molecule has 0 aromatic carbocycles. The van der Waals surface area contributed by atoms with E-state index in [9.17, 15) is 14.4 Å². The normalized spacial score (nSPS) is 21.7. The smallest absolute Gasteiger partial charge is 0.240 e. The van der Waals surface area contributed by atoms with Crippen LogP contribution in [0.2, 0.25) is 0 Å². The summed E-state index contributed by atoms with van der Waals surface area (Å²) < 4.78 is 0. The monoisotopic (exact) mass is 324 g/mol. The molecule has 0 unspecified atom stereocenters. The van der Waals surface area contributed by atoms with E-state index in [1.54, 1.807) is 0 Å². The van der Waals surface area contributed by atoms with E-state index in [0.717, 1.165) is 25.7 Å². The second-order valence-corrected chi connectivity index (χ2v) is 7.91. The number of thioether (sulfide) groups is 1. The van der Waals surface area contributed by atoms with Crippen LogP contribution in [0.1, 0.15) is 46.5 Å². The van der Waals surface area contributed by atoms with Crippen LogP contribution in [0.3, 0.4) is 0 Å². The Morgan fingerprint density at radius 2 is 1.95 bits per heavy atom. The first-order valence-corrected chi connectivity index (χ1v) is 8.74. The zero-order valence-electron chi connectivity index (χ0n) is 13.5. The number of hydrogen-bond donors (Lipinski definition) is 1. The number of nitrogens with zero attached hydrogens (tertiary/aromatic N) is 1. The molecule has 122 valence electrons. The highest BCUT2D eigenvalue weighted by molar-refractivity contribution is 8.04. The van der Waals surface area contributed by atoms with E-state index in [1.165, 1.54) is 22.7 Å². The molecule has 2 rings (SSSR count). The summed E-state index contributed by atoms with van der Waals surface area (Å²) in [6.45, 7) is 5.52. The van der Waals surface area contributed by atoms with Gasteiger partial charge in [-0.1, -0.05) is 45.4 Å². The van der Waals surface area contributed by atoms with Crippen LogP contribution in [0.15, 0.2) is 11.1 Å². The first kappa shape index (κ1) is 17.1. The topological polar surface area (TPSA) is 66.5 Å². The fourth-order valence-electron chi connectivity index (χ4n) is 2.52. The van der Waals surface area contributed by atoms with E-state index in [2.05, 4.69) is 5.32 Å². The predicted octanol–water partition coefficient (Wildman–Crippen LogP) is 2.08. The van der Waals surface area contributed by atoms with Gasteiger partial charge < -0.3 is 5.32 Å². The molecule has 1 saturated carbocycles. The lowest BCUT2D eigenvalue weighted by Gasteiger charge is -2.20. The lowest BCUT2D eigenvalue weighted by molar-refractivity contribution is -0.131. The fourth-order valence-corrected chi connectivity index (χ4v) is 3.46. The lowest BCUT2D eigenvalue weighted by atomic mass is 9.91. The van der Waals surface area contributed by atoms with Crippen molar-refractivity contribution in [1.82, 2.24) is 10.2 Å². The number of carbonyl (C=O) groups is 3. The quantitative estimate of drug-likeness (QED) is 0.804. The van der Waals surface area contributed by atoms with Gasteiger partial charge >= 0.3 is 0 Å². The SMILES string of the molecule is CC(C)(C)C(=O)C=C1SCC(=O)N1CC(=O)NC1CCCC1. The summed E-state index contributed by atoms with van der Waals surface area (Å²) in [4.78, 5) is 37.6. The molecule has 1 N–H and O–H groups in total. The van der Waals surface area contributed by atoms with Gasteiger partial charge in [-0.3, -0.25) is 19.3 Å². The minimum atomic E-state index is -0.489. The Labute approximate surface area is 135 Å². The molecule has 2 fully saturated rings. The van der Waals surface area contributed by atoms with Crippen LogP contribution in [-0.2, 0) is 14.4 Å². The van der Waals surface area contributed by atoms with E-state index < -0.39 is 5.41 Å². The van der Waals surface area contributed by atoms with Crippen molar-refractivity contribution in [3.63, 3.8) is 0 Å². The third kappa shape index (κ3) is 4.35. The van der Waals surface area contributed by atoms with Crippen LogP contribution in [0, 0.1) is 5.41 Å². The van der Waals surface area contributed by atoms with Crippen molar-refractivity contribution in [2.75, 3.05) is 12.3 Å². The largest absolute Gasteiger partial charge is 0.352 e. The van der Waals surface area contributed by atoms with Gasteiger partial charge in [0.05, 0.1) is 10.8 Å². The van der Waals surface area contributed by atoms with Crippen LogP contribution >= 0.6 is 11.8 Å². The number of rotatable bonds is 4. The summed E-state index contributed by atoms with van der Waals surface area (Å²) in [6, 6.07) is 0.237. The van der Waals surface area contributed by atoms with E-state index in [1.807, 2.05) is 20.8 Å². The van der Waals surface area contributed by atoms with Crippen molar-refractivity contribution >= 4 is 29.4 Å². The van der Waals surface area contributed by atoms with Gasteiger partial charge in [-0.15, -0.1) is 0 Å². The maximum Gasteiger partial charge on any atom is 0.240 e. The standard InChI is InChI=1S/C16H24N2O3S/c1-16(2,3)12(19)8-15-18(14(21)10-22-15)9-13(20)17-11-6-4-5-7-11/h8,11H,4-7,9-10H2,1-3H3,(H,17,20). The lowest BCUT2D eigenvalue weighted by Crippen LogP contribution is -2.41. The van der Waals surface area contributed by atoms with E-state index in [-0.39, 0.29) is 30.2 Å². The fraction of sp³-hybridized carbons (Fsp3) is 0.688. The number of carbonyl (C=O) groups excluding carboxylic acids is 3. The number of nitrogens with one attached hydrogen (secondary N) is 1. The minimum absolute atomic E-state index is 0.00555. The molecule has 2 aliphatic rings. The molecule has 1 aliphatic heterocycles. The third-order valence-electron chi connectivity index (χ3n) is 3.93. The van der Waals surface area contributed by atoms with Gasteiger partial charge in [0.2, 0.25) is 11.8 Å². The minimum Gasteiger partial charge on any atom is -0.352 e. The van der Waals surface area contributed by atoms with E-state index >= 15 is 0 Å². The first-order chi connectivity index (χ1) is 10.3. The Balaban J connectivity index is 2.00. The predicted molar refractivity (Wildman–Crippen MR) is 87.1 cm³/mol. The van der Waals surface area contributed by atoms with Crippen LogP contribution in [0.25, 0.3) is 0 Å². The first-order valence-electron chi connectivity index (χ1n) is 7.76. The van der Waals surface area contributed by atoms with Crippen LogP contribution in [-0.4, -0.2) is 40.8 Å². The average Bonchev–Trinajstić information content (AvgIpc) is 3.02. The number of allylic oxidation sites excluding steroid dienone is 1. The average molecular weight is 324 g/mol. The molecule has 6 heteroatoms. The second-order valence-electron chi connectivity index (χ2n) is 6.91. The Morgan fingerprint density at radius 1 is 1.32 bits per heavy atom. The number of amides is 2. The van der Waals surface area contributed by atoms with Crippen molar-refractivity contribution in [3.05, 3.63) is 11.1 Å². The van der Waals surface area contributed by atoms with Crippen molar-refractivity contribution in [3.8, 4) is 0 Å². The van der Waals surface area contributed by atoms with Gasteiger partial charge in [0, 0.05) is 17.5 Å². The molecule has 1 heterocycles. The zero-order valence-corrected chi connectivity index (χ0v) is 14.3. The second kappa shape index (κ2) is 6.86. The van der Waals surface area contributed by atoms with Crippen LogP contribution in [0.5, 0.6) is 0 Å². The molecule has 1 saturated heterocycles. The maximum absolute atomic E-state index is 12.1. The van der Waals surface area contributed by atoms with Crippen molar-refractivity contribution in [2.24, 2.45) is 5.41 Å². The van der Waals surface area contributed by atoms with E-state index in [0.29, 0.717) is 10.8 Å². The molecule has 5 nitrogen and oxygen atoms in total. The molecule has 0 spiro atoms. The van der Waals surface area contributed by atoms with E-state index in [4.69, 9.17) is 0 Å². The molecule has 1 aliphatic carbocycles. The summed E-state index contributed by atoms with van der Waals surface area (Å²) in [6.07, 6.45) is 5.82. The Hall–Kier alpha value is -1.30. The Morgan fingerprint density at radius 3 is 2.55 bits per heavy atom. The van der Waals surface area contributed by atoms with Crippen molar-refractivity contribution in [2.45, 2.75) is 52.5 Å². The van der Waals surface area contributed by atoms with Gasteiger partial charge in [-0.25, -0.2) is 0 Å². The molecule has 0 aromatic rings. The van der Waals surface area contributed by atoms with Gasteiger partial charge in [0.25, 0.3) is 0 Å². The summed E-state index contributed by atoms with van der Waals surface area (Å²) in [5, 5.41) is 3.57. The maximum atomic E-state index is 12.1. The molecule has 2 amide bonds. The molecule has 0 radical (unpaired) electrons. The summed E-state index contributed by atoms with van der Waals surface area (Å²) in [5.41, 5.74) is -0.489. The molecule has 0 bridgehead atoms. The summed E-state index contributed by atoms with van der Waals surface area (Å²) >= 11 is 1.32. The van der Waals surface area contributed by atoms with Gasteiger partial charge in [-0.05, 0) is 12.8 Å². The summed E-state index contributed by atoms with van der Waals surface area (Å²) in [5.74, 6) is 0.00209. The van der Waals surface area contributed by atoms with Crippen LogP contribution < -0.4 is 5.32 Å². The Bertz CT molecular complexity index is 502. The van der Waals surface area contributed by atoms with Gasteiger partial charge in [0.15, 0.2) is 5.78 Å². The molecular weight excluding hydrogens is 300 g/mol. The zero-order chi connectivity index (χ0) is 16.3.